The minimum atomic E-state index is -0.602. The lowest BCUT2D eigenvalue weighted by atomic mass is 10.1. The van der Waals surface area contributed by atoms with Crippen LogP contribution in [0.25, 0.3) is 0 Å². The van der Waals surface area contributed by atoms with Gasteiger partial charge in [0.15, 0.2) is 0 Å². The van der Waals surface area contributed by atoms with Gasteiger partial charge >= 0.3 is 11.9 Å². The van der Waals surface area contributed by atoms with Crippen molar-refractivity contribution >= 4 is 39.5 Å². The highest BCUT2D eigenvalue weighted by Crippen LogP contribution is 2.20. The average Bonchev–Trinajstić information content (AvgIpc) is 2.83. The van der Waals surface area contributed by atoms with E-state index in [0.717, 1.165) is 15.8 Å². The molecule has 1 amide bonds. The van der Waals surface area contributed by atoms with Crippen LogP contribution in [0.2, 0.25) is 0 Å². The molecule has 36 heavy (non-hydrogen) atoms. The summed E-state index contributed by atoms with van der Waals surface area (Å²) in [5.74, 6) is -0.861. The molecule has 0 unspecified atom stereocenters. The first-order valence-electron chi connectivity index (χ1n) is 11.5. The van der Waals surface area contributed by atoms with E-state index in [1.807, 2.05) is 24.3 Å². The highest BCUT2D eigenvalue weighted by atomic mass is 79.9. The Morgan fingerprint density at radius 2 is 1.28 bits per heavy atom. The number of ether oxygens (including phenoxy) is 3. The summed E-state index contributed by atoms with van der Waals surface area (Å²) in [6.45, 7) is 7.26. The molecule has 3 aromatic carbocycles. The topological polar surface area (TPSA) is 90.9 Å². The molecule has 188 valence electrons. The van der Waals surface area contributed by atoms with E-state index in [2.05, 4.69) is 21.2 Å². The Bertz CT molecular complexity index is 1180. The van der Waals surface area contributed by atoms with Gasteiger partial charge in [0.1, 0.15) is 12.4 Å². The summed E-state index contributed by atoms with van der Waals surface area (Å²) in [4.78, 5) is 37.8. The van der Waals surface area contributed by atoms with E-state index in [9.17, 15) is 14.4 Å². The third-order valence-electron chi connectivity index (χ3n) is 4.78. The molecule has 0 saturated carbocycles. The first-order chi connectivity index (χ1) is 17.1. The second-order valence-corrected chi connectivity index (χ2v) is 9.52. The van der Waals surface area contributed by atoms with Gasteiger partial charge in [-0.1, -0.05) is 28.1 Å². The van der Waals surface area contributed by atoms with E-state index in [-0.39, 0.29) is 29.0 Å². The van der Waals surface area contributed by atoms with Crippen LogP contribution in [0.3, 0.4) is 0 Å². The third-order valence-corrected chi connectivity index (χ3v) is 5.31. The molecule has 0 spiro atoms. The van der Waals surface area contributed by atoms with Gasteiger partial charge in [-0.15, -0.1) is 0 Å². The van der Waals surface area contributed by atoms with Crippen molar-refractivity contribution < 1.29 is 28.6 Å². The van der Waals surface area contributed by atoms with Gasteiger partial charge in [-0.3, -0.25) is 4.79 Å². The smallest absolute Gasteiger partial charge is 0.338 e. The molecule has 3 aromatic rings. The number of esters is 2. The van der Waals surface area contributed by atoms with E-state index < -0.39 is 17.8 Å². The first kappa shape index (κ1) is 26.9. The van der Waals surface area contributed by atoms with Crippen molar-refractivity contribution in [2.75, 3.05) is 5.32 Å². The molecule has 0 aromatic heterocycles. The van der Waals surface area contributed by atoms with E-state index in [1.165, 1.54) is 18.2 Å². The second-order valence-electron chi connectivity index (χ2n) is 8.60. The van der Waals surface area contributed by atoms with Crippen molar-refractivity contribution in [1.29, 1.82) is 0 Å². The number of benzene rings is 3. The van der Waals surface area contributed by atoms with E-state index >= 15 is 0 Å². The minimum absolute atomic E-state index is 0.137. The standard InChI is InChI=1S/C28H28BrNO6/c1-17(2)35-27(32)21-13-22(28(33)36-18(3)4)15-24(14-21)30-26(31)20-7-5-19(6-8-20)16-34-25-11-9-23(29)10-12-25/h5-15,17-18H,16H2,1-4H3,(H,30,31). The molecule has 0 atom stereocenters. The molecule has 0 radical (unpaired) electrons. The Hall–Kier alpha value is -3.65. The third kappa shape index (κ3) is 7.95. The van der Waals surface area contributed by atoms with Gasteiger partial charge in [0.25, 0.3) is 5.91 Å². The molecule has 1 N–H and O–H groups in total. The molecule has 0 aliphatic carbocycles. The predicted molar refractivity (Wildman–Crippen MR) is 140 cm³/mol. The SMILES string of the molecule is CC(C)OC(=O)c1cc(NC(=O)c2ccc(COc3ccc(Br)cc3)cc2)cc(C(=O)OC(C)C)c1. The second kappa shape index (κ2) is 12.4. The molecule has 0 saturated heterocycles. The number of hydrogen-bond acceptors (Lipinski definition) is 6. The van der Waals surface area contributed by atoms with Gasteiger partial charge in [0.2, 0.25) is 0 Å². The van der Waals surface area contributed by atoms with Crippen LogP contribution < -0.4 is 10.1 Å². The Balaban J connectivity index is 1.73. The number of rotatable bonds is 9. The summed E-state index contributed by atoms with van der Waals surface area (Å²) >= 11 is 3.39. The molecule has 7 nitrogen and oxygen atoms in total. The monoisotopic (exact) mass is 553 g/mol. The summed E-state index contributed by atoms with van der Waals surface area (Å²) in [5, 5.41) is 2.75. The maximum atomic E-state index is 12.9. The Labute approximate surface area is 218 Å². The summed E-state index contributed by atoms with van der Waals surface area (Å²) in [6.07, 6.45) is -0.679. The maximum absolute atomic E-state index is 12.9. The van der Waals surface area contributed by atoms with Gasteiger partial charge in [0, 0.05) is 15.7 Å². The van der Waals surface area contributed by atoms with E-state index in [0.29, 0.717) is 12.2 Å². The first-order valence-corrected chi connectivity index (χ1v) is 12.3. The molecule has 0 aliphatic rings. The lowest BCUT2D eigenvalue weighted by Crippen LogP contribution is -2.17. The highest BCUT2D eigenvalue weighted by Gasteiger charge is 2.18. The summed E-state index contributed by atoms with van der Waals surface area (Å²) in [5.41, 5.74) is 1.85. The van der Waals surface area contributed by atoms with Crippen LogP contribution in [0.15, 0.2) is 71.2 Å². The van der Waals surface area contributed by atoms with Crippen molar-refractivity contribution in [1.82, 2.24) is 0 Å². The van der Waals surface area contributed by atoms with Gasteiger partial charge < -0.3 is 19.5 Å². The number of anilines is 1. The van der Waals surface area contributed by atoms with Crippen molar-refractivity contribution in [3.63, 3.8) is 0 Å². The number of carbonyl (C=O) groups excluding carboxylic acids is 3. The van der Waals surface area contributed by atoms with Crippen LogP contribution in [-0.2, 0) is 16.1 Å². The Morgan fingerprint density at radius 3 is 1.78 bits per heavy atom. The molecule has 8 heteroatoms. The molecule has 3 rings (SSSR count). The Morgan fingerprint density at radius 1 is 0.750 bits per heavy atom. The average molecular weight is 554 g/mol. The van der Waals surface area contributed by atoms with Crippen molar-refractivity contribution in [3.05, 3.63) is 93.5 Å². The molecule has 0 bridgehead atoms. The van der Waals surface area contributed by atoms with Crippen molar-refractivity contribution in [2.45, 2.75) is 46.5 Å². The highest BCUT2D eigenvalue weighted by molar-refractivity contribution is 9.10. The number of nitrogens with one attached hydrogen (secondary N) is 1. The lowest BCUT2D eigenvalue weighted by molar-refractivity contribution is 0.0377. The quantitative estimate of drug-likeness (QED) is 0.308. The fourth-order valence-electron chi connectivity index (χ4n) is 3.15. The molecular weight excluding hydrogens is 526 g/mol. The van der Waals surface area contributed by atoms with Crippen LogP contribution in [0.4, 0.5) is 5.69 Å². The Kier molecular flexibility index (Phi) is 9.25. The summed E-state index contributed by atoms with van der Waals surface area (Å²) in [6, 6.07) is 18.8. The minimum Gasteiger partial charge on any atom is -0.489 e. The number of amides is 1. The van der Waals surface area contributed by atoms with E-state index in [4.69, 9.17) is 14.2 Å². The van der Waals surface area contributed by atoms with Gasteiger partial charge in [-0.25, -0.2) is 9.59 Å². The molecule has 0 aliphatic heterocycles. The number of halogens is 1. The summed E-state index contributed by atoms with van der Waals surface area (Å²) in [7, 11) is 0. The van der Waals surface area contributed by atoms with Crippen LogP contribution in [-0.4, -0.2) is 30.1 Å². The normalized spacial score (nSPS) is 10.8. The van der Waals surface area contributed by atoms with E-state index in [1.54, 1.807) is 52.0 Å². The summed E-state index contributed by atoms with van der Waals surface area (Å²) < 4.78 is 17.2. The van der Waals surface area contributed by atoms with Crippen LogP contribution >= 0.6 is 15.9 Å². The van der Waals surface area contributed by atoms with Crippen LogP contribution in [0.1, 0.15) is 64.3 Å². The number of hydrogen-bond donors (Lipinski definition) is 1. The van der Waals surface area contributed by atoms with Crippen molar-refractivity contribution in [3.8, 4) is 5.75 Å². The van der Waals surface area contributed by atoms with Crippen LogP contribution in [0, 0.1) is 0 Å². The fourth-order valence-corrected chi connectivity index (χ4v) is 3.42. The fraction of sp³-hybridized carbons (Fsp3) is 0.250. The maximum Gasteiger partial charge on any atom is 0.338 e. The molecular formula is C28H28BrNO6. The van der Waals surface area contributed by atoms with Crippen LogP contribution in [0.5, 0.6) is 5.75 Å². The molecule has 0 fully saturated rings. The zero-order valence-corrected chi connectivity index (χ0v) is 22.1. The lowest BCUT2D eigenvalue weighted by Gasteiger charge is -2.13. The zero-order chi connectivity index (χ0) is 26.2. The van der Waals surface area contributed by atoms with Crippen molar-refractivity contribution in [2.24, 2.45) is 0 Å². The van der Waals surface area contributed by atoms with Gasteiger partial charge in [-0.05, 0) is 87.9 Å². The number of carbonyl (C=O) groups is 3. The predicted octanol–water partition coefficient (Wildman–Crippen LogP) is 6.41. The molecule has 0 heterocycles. The largest absolute Gasteiger partial charge is 0.489 e. The van der Waals surface area contributed by atoms with Gasteiger partial charge in [0.05, 0.1) is 23.3 Å². The zero-order valence-electron chi connectivity index (χ0n) is 20.5. The van der Waals surface area contributed by atoms with Gasteiger partial charge in [-0.2, -0.15) is 0 Å².